The number of rotatable bonds is 7. The lowest BCUT2D eigenvalue weighted by atomic mass is 10.1. The van der Waals surface area contributed by atoms with Gasteiger partial charge in [-0.1, -0.05) is 12.1 Å². The molecule has 1 aromatic heterocycles. The summed E-state index contributed by atoms with van der Waals surface area (Å²) >= 11 is 0. The Bertz CT molecular complexity index is 919. The number of nitrogens with one attached hydrogen (secondary N) is 2. The van der Waals surface area contributed by atoms with Crippen molar-refractivity contribution in [1.82, 2.24) is 9.55 Å². The van der Waals surface area contributed by atoms with Crippen molar-refractivity contribution in [3.05, 3.63) is 52.6 Å². The van der Waals surface area contributed by atoms with Crippen molar-refractivity contribution in [3.8, 4) is 0 Å². The fraction of sp³-hybridized carbons (Fsp3) is 0.389. The number of carbonyl (C=O) groups is 1. The fourth-order valence-electron chi connectivity index (χ4n) is 2.91. The first-order chi connectivity index (χ1) is 13.9. The van der Waals surface area contributed by atoms with Crippen LogP contribution in [0, 0.1) is 0 Å². The van der Waals surface area contributed by atoms with Crippen LogP contribution < -0.4 is 16.5 Å². The second-order valence-corrected chi connectivity index (χ2v) is 6.50. The molecule has 5 N–H and O–H groups in total. The van der Waals surface area contributed by atoms with E-state index in [1.807, 2.05) is 0 Å². The Kier molecular flexibility index (Phi) is 6.56. The molecule has 11 heteroatoms. The minimum Gasteiger partial charge on any atom is -0.394 e. The predicted octanol–water partition coefficient (Wildman–Crippen LogP) is -0.643. The molecule has 0 bridgehead atoms. The molecule has 2 heterocycles. The van der Waals surface area contributed by atoms with Crippen molar-refractivity contribution in [3.63, 3.8) is 0 Å². The van der Waals surface area contributed by atoms with E-state index in [0.717, 1.165) is 10.1 Å². The van der Waals surface area contributed by atoms with Crippen LogP contribution in [-0.2, 0) is 21.0 Å². The van der Waals surface area contributed by atoms with E-state index in [-0.39, 0.29) is 18.3 Å². The molecule has 156 valence electrons. The van der Waals surface area contributed by atoms with Crippen molar-refractivity contribution in [2.45, 2.75) is 38.1 Å². The van der Waals surface area contributed by atoms with E-state index in [0.29, 0.717) is 5.69 Å². The van der Waals surface area contributed by atoms with Gasteiger partial charge in [0.25, 0.3) is 0 Å². The van der Waals surface area contributed by atoms with E-state index in [4.69, 9.17) is 14.7 Å². The SMILES string of the molecule is CC(=O)Nc1cccc(CONc2ccn([C@@H]3O[C@H](CO)[C@@H](O)[C@H]3O)c(=O)n2)c1. The Labute approximate surface area is 165 Å². The number of amides is 1. The number of ether oxygens (including phenoxy) is 1. The van der Waals surface area contributed by atoms with Gasteiger partial charge in [0.15, 0.2) is 12.0 Å². The summed E-state index contributed by atoms with van der Waals surface area (Å²) in [5.41, 5.74) is 3.23. The summed E-state index contributed by atoms with van der Waals surface area (Å²) in [6.45, 7) is 1.07. The van der Waals surface area contributed by atoms with Crippen LogP contribution in [0.3, 0.4) is 0 Å². The number of aromatic nitrogens is 2. The number of carbonyl (C=O) groups excluding carboxylic acids is 1. The lowest BCUT2D eigenvalue weighted by molar-refractivity contribution is -0.114. The van der Waals surface area contributed by atoms with Crippen LogP contribution in [0.4, 0.5) is 11.5 Å². The Morgan fingerprint density at radius 3 is 2.76 bits per heavy atom. The number of anilines is 2. The largest absolute Gasteiger partial charge is 0.394 e. The van der Waals surface area contributed by atoms with Crippen molar-refractivity contribution in [2.24, 2.45) is 0 Å². The third-order valence-corrected chi connectivity index (χ3v) is 4.28. The number of benzene rings is 1. The summed E-state index contributed by atoms with van der Waals surface area (Å²) in [7, 11) is 0. The topological polar surface area (TPSA) is 155 Å². The van der Waals surface area contributed by atoms with Crippen LogP contribution in [0.1, 0.15) is 18.7 Å². The first-order valence-electron chi connectivity index (χ1n) is 8.85. The van der Waals surface area contributed by atoms with Gasteiger partial charge in [0.1, 0.15) is 18.3 Å². The first kappa shape index (κ1) is 20.9. The molecule has 1 fully saturated rings. The van der Waals surface area contributed by atoms with Crippen molar-refractivity contribution < 1.29 is 29.7 Å². The first-order valence-corrected chi connectivity index (χ1v) is 8.85. The van der Waals surface area contributed by atoms with Gasteiger partial charge in [-0.2, -0.15) is 4.98 Å². The van der Waals surface area contributed by atoms with E-state index >= 15 is 0 Å². The molecule has 1 aliphatic heterocycles. The molecule has 0 unspecified atom stereocenters. The van der Waals surface area contributed by atoms with Crippen molar-refractivity contribution in [1.29, 1.82) is 0 Å². The smallest absolute Gasteiger partial charge is 0.351 e. The number of nitrogens with zero attached hydrogens (tertiary/aromatic N) is 2. The van der Waals surface area contributed by atoms with Crippen molar-refractivity contribution >= 4 is 17.4 Å². The van der Waals surface area contributed by atoms with Crippen LogP contribution in [0.15, 0.2) is 41.3 Å². The molecule has 1 aliphatic rings. The van der Waals surface area contributed by atoms with Crippen LogP contribution in [-0.4, -0.2) is 55.7 Å². The molecule has 11 nitrogen and oxygen atoms in total. The Morgan fingerprint density at radius 2 is 2.10 bits per heavy atom. The molecule has 2 aromatic rings. The van der Waals surface area contributed by atoms with Crippen LogP contribution >= 0.6 is 0 Å². The van der Waals surface area contributed by atoms with Gasteiger partial charge in [0.2, 0.25) is 5.91 Å². The van der Waals surface area contributed by atoms with Gasteiger partial charge in [-0.15, -0.1) is 0 Å². The van der Waals surface area contributed by atoms with Gasteiger partial charge in [0.05, 0.1) is 13.2 Å². The zero-order chi connectivity index (χ0) is 21.0. The summed E-state index contributed by atoms with van der Waals surface area (Å²) in [4.78, 5) is 32.5. The molecule has 1 aromatic carbocycles. The lowest BCUT2D eigenvalue weighted by Gasteiger charge is -2.17. The van der Waals surface area contributed by atoms with Crippen LogP contribution in [0.5, 0.6) is 0 Å². The van der Waals surface area contributed by atoms with Gasteiger partial charge in [0, 0.05) is 18.8 Å². The summed E-state index contributed by atoms with van der Waals surface area (Å²) < 4.78 is 6.33. The highest BCUT2D eigenvalue weighted by atomic mass is 16.6. The Balaban J connectivity index is 1.60. The molecule has 0 spiro atoms. The van der Waals surface area contributed by atoms with E-state index in [1.165, 1.54) is 19.2 Å². The summed E-state index contributed by atoms with van der Waals surface area (Å²) in [5.74, 6) is -0.0452. The molecule has 1 saturated heterocycles. The molecule has 0 saturated carbocycles. The summed E-state index contributed by atoms with van der Waals surface area (Å²) in [6.07, 6.45) is -3.51. The zero-order valence-corrected chi connectivity index (χ0v) is 15.6. The summed E-state index contributed by atoms with van der Waals surface area (Å²) in [5, 5.41) is 31.6. The molecule has 0 radical (unpaired) electrons. The minimum absolute atomic E-state index is 0.135. The zero-order valence-electron chi connectivity index (χ0n) is 15.6. The highest BCUT2D eigenvalue weighted by molar-refractivity contribution is 5.88. The van der Waals surface area contributed by atoms with Crippen LogP contribution in [0.2, 0.25) is 0 Å². The summed E-state index contributed by atoms with van der Waals surface area (Å²) in [6, 6.07) is 8.50. The molecule has 29 heavy (non-hydrogen) atoms. The van der Waals surface area contributed by atoms with E-state index in [2.05, 4.69) is 15.8 Å². The average molecular weight is 406 g/mol. The minimum atomic E-state index is -1.38. The molecular formula is C18H22N4O7. The maximum atomic E-state index is 12.2. The monoisotopic (exact) mass is 406 g/mol. The van der Waals surface area contributed by atoms with Gasteiger partial charge in [-0.3, -0.25) is 14.2 Å². The van der Waals surface area contributed by atoms with Gasteiger partial charge < -0.3 is 25.4 Å². The second kappa shape index (κ2) is 9.11. The molecule has 1 amide bonds. The number of hydrogen-bond donors (Lipinski definition) is 5. The lowest BCUT2D eigenvalue weighted by Crippen LogP contribution is -2.36. The number of aliphatic hydroxyl groups excluding tert-OH is 3. The quantitative estimate of drug-likeness (QED) is 0.377. The van der Waals surface area contributed by atoms with E-state index < -0.39 is 36.8 Å². The second-order valence-electron chi connectivity index (χ2n) is 6.50. The normalized spacial score (nSPS) is 23.7. The number of hydrogen-bond acceptors (Lipinski definition) is 9. The highest BCUT2D eigenvalue weighted by Crippen LogP contribution is 2.28. The predicted molar refractivity (Wildman–Crippen MR) is 101 cm³/mol. The molecular weight excluding hydrogens is 384 g/mol. The van der Waals surface area contributed by atoms with E-state index in [9.17, 15) is 19.8 Å². The fourth-order valence-corrected chi connectivity index (χ4v) is 2.91. The Hall–Kier alpha value is -2.83. The standard InChI is InChI=1S/C18H22N4O7/c1-10(24)19-12-4-2-3-11(7-12)9-28-21-14-5-6-22(18(27)20-14)17-16(26)15(25)13(8-23)29-17/h2-7,13,15-17,23,25-26H,8-9H2,1H3,(H,19,24)(H,20,21,27)/t13-,15-,16-,17-/m1/s1. The average Bonchev–Trinajstić information content (AvgIpc) is 2.96. The maximum absolute atomic E-state index is 12.2. The molecule has 4 atom stereocenters. The Morgan fingerprint density at radius 1 is 1.31 bits per heavy atom. The van der Waals surface area contributed by atoms with Gasteiger partial charge in [-0.05, 0) is 23.8 Å². The maximum Gasteiger partial charge on any atom is 0.351 e. The third-order valence-electron chi connectivity index (χ3n) is 4.28. The van der Waals surface area contributed by atoms with Crippen LogP contribution in [0.25, 0.3) is 0 Å². The molecule has 0 aliphatic carbocycles. The van der Waals surface area contributed by atoms with Gasteiger partial charge >= 0.3 is 5.69 Å². The van der Waals surface area contributed by atoms with Gasteiger partial charge in [-0.25, -0.2) is 10.3 Å². The number of aliphatic hydroxyl groups is 3. The molecule has 3 rings (SSSR count). The van der Waals surface area contributed by atoms with E-state index in [1.54, 1.807) is 24.3 Å². The highest BCUT2D eigenvalue weighted by Gasteiger charge is 2.43. The third kappa shape index (κ3) is 4.96. The van der Waals surface area contributed by atoms with Crippen molar-refractivity contribution in [2.75, 3.05) is 17.4 Å².